The summed E-state index contributed by atoms with van der Waals surface area (Å²) in [5, 5.41) is 17.0. The molecule has 0 radical (unpaired) electrons. The van der Waals surface area contributed by atoms with Crippen LogP contribution >= 0.6 is 0 Å². The van der Waals surface area contributed by atoms with Gasteiger partial charge in [-0.1, -0.05) is 18.2 Å². The molecule has 3 aromatic carbocycles. The molecular weight excluding hydrogens is 433 g/mol. The fraction of sp³-hybridized carbons (Fsp3) is 0.192. The van der Waals surface area contributed by atoms with Gasteiger partial charge in [-0.05, 0) is 66.6 Å². The Hall–Kier alpha value is -4.04. The normalized spacial score (nSPS) is 11.8. The van der Waals surface area contributed by atoms with Crippen molar-refractivity contribution in [2.45, 2.75) is 19.6 Å². The molecule has 4 rings (SSSR count). The van der Waals surface area contributed by atoms with Crippen molar-refractivity contribution in [1.82, 2.24) is 9.97 Å². The molecule has 0 aliphatic carbocycles. The number of anilines is 3. The Labute approximate surface area is 197 Å². The van der Waals surface area contributed by atoms with Gasteiger partial charge in [0.1, 0.15) is 11.6 Å². The van der Waals surface area contributed by atoms with E-state index in [1.165, 1.54) is 24.3 Å². The van der Waals surface area contributed by atoms with Crippen molar-refractivity contribution in [2.75, 3.05) is 29.6 Å². The average molecular weight is 460 g/mol. The third-order valence-electron chi connectivity index (χ3n) is 5.37. The summed E-state index contributed by atoms with van der Waals surface area (Å²) in [7, 11) is 3.75. The minimum Gasteiger partial charge on any atom is -0.389 e. The van der Waals surface area contributed by atoms with Gasteiger partial charge in [-0.25, -0.2) is 9.37 Å². The number of nitrogens with zero attached hydrogens (tertiary/aromatic N) is 3. The summed E-state index contributed by atoms with van der Waals surface area (Å²) in [6.45, 7) is 2.24. The summed E-state index contributed by atoms with van der Waals surface area (Å²) < 4.78 is 13.1. The second-order valence-corrected chi connectivity index (χ2v) is 8.23. The summed E-state index contributed by atoms with van der Waals surface area (Å²) >= 11 is 0. The summed E-state index contributed by atoms with van der Waals surface area (Å²) in [4.78, 5) is 23.4. The second-order valence-electron chi connectivity index (χ2n) is 8.23. The third kappa shape index (κ3) is 5.29. The smallest absolute Gasteiger partial charge is 0.255 e. The van der Waals surface area contributed by atoms with E-state index in [9.17, 15) is 14.3 Å². The SMILES string of the molecule is C[C@H](O)c1ccc2c(NCc3ccc(NC(=O)c4ccc(F)cc4)cc3)nc(N(C)C)nc2c1. The van der Waals surface area contributed by atoms with Crippen LogP contribution in [-0.4, -0.2) is 35.1 Å². The standard InChI is InChI=1S/C26H26FN5O2/c1-16(33)19-8-13-22-23(14-19)30-26(32(2)3)31-24(22)28-15-17-4-11-21(12-5-17)29-25(34)18-6-9-20(27)10-7-18/h4-14,16,33H,15H2,1-3H3,(H,29,34)(H,28,30,31)/t16-/m0/s1. The van der Waals surface area contributed by atoms with E-state index >= 15 is 0 Å². The fourth-order valence-electron chi connectivity index (χ4n) is 3.43. The van der Waals surface area contributed by atoms with Crippen LogP contribution in [0.25, 0.3) is 10.9 Å². The molecule has 174 valence electrons. The molecule has 1 atom stereocenters. The molecule has 0 saturated carbocycles. The number of nitrogens with one attached hydrogen (secondary N) is 2. The lowest BCUT2D eigenvalue weighted by Crippen LogP contribution is -2.14. The van der Waals surface area contributed by atoms with Gasteiger partial charge in [0.25, 0.3) is 5.91 Å². The van der Waals surface area contributed by atoms with Crippen molar-refractivity contribution in [1.29, 1.82) is 0 Å². The van der Waals surface area contributed by atoms with E-state index in [1.54, 1.807) is 6.92 Å². The van der Waals surface area contributed by atoms with Crippen LogP contribution in [0.4, 0.5) is 21.8 Å². The molecule has 1 aromatic heterocycles. The van der Waals surface area contributed by atoms with Gasteiger partial charge in [0.15, 0.2) is 0 Å². The van der Waals surface area contributed by atoms with E-state index in [0.717, 1.165) is 22.0 Å². The van der Waals surface area contributed by atoms with Crippen LogP contribution in [0.15, 0.2) is 66.7 Å². The van der Waals surface area contributed by atoms with Gasteiger partial charge in [-0.15, -0.1) is 0 Å². The Morgan fingerprint density at radius 1 is 1.03 bits per heavy atom. The number of aliphatic hydroxyl groups excluding tert-OH is 1. The highest BCUT2D eigenvalue weighted by Crippen LogP contribution is 2.26. The number of amides is 1. The van der Waals surface area contributed by atoms with Crippen LogP contribution in [0.5, 0.6) is 0 Å². The van der Waals surface area contributed by atoms with Gasteiger partial charge in [0.05, 0.1) is 11.6 Å². The highest BCUT2D eigenvalue weighted by molar-refractivity contribution is 6.04. The largest absolute Gasteiger partial charge is 0.389 e. The highest BCUT2D eigenvalue weighted by atomic mass is 19.1. The van der Waals surface area contributed by atoms with Crippen LogP contribution in [0.3, 0.4) is 0 Å². The maximum Gasteiger partial charge on any atom is 0.255 e. The molecule has 8 heteroatoms. The van der Waals surface area contributed by atoms with Crippen molar-refractivity contribution in [2.24, 2.45) is 0 Å². The first-order valence-corrected chi connectivity index (χ1v) is 10.9. The van der Waals surface area contributed by atoms with Crippen LogP contribution in [0.2, 0.25) is 0 Å². The van der Waals surface area contributed by atoms with Gasteiger partial charge in [0, 0.05) is 37.3 Å². The lowest BCUT2D eigenvalue weighted by Gasteiger charge is -2.16. The minimum absolute atomic E-state index is 0.300. The third-order valence-corrected chi connectivity index (χ3v) is 5.37. The van der Waals surface area contributed by atoms with Crippen LogP contribution < -0.4 is 15.5 Å². The first-order chi connectivity index (χ1) is 16.3. The molecule has 0 aliphatic heterocycles. The molecule has 0 fully saturated rings. The molecule has 0 unspecified atom stereocenters. The molecule has 7 nitrogen and oxygen atoms in total. The molecule has 1 heterocycles. The highest BCUT2D eigenvalue weighted by Gasteiger charge is 2.12. The fourth-order valence-corrected chi connectivity index (χ4v) is 3.43. The number of hydrogen-bond acceptors (Lipinski definition) is 6. The molecule has 4 aromatic rings. The zero-order valence-electron chi connectivity index (χ0n) is 19.2. The van der Waals surface area contributed by atoms with Gasteiger partial charge in [-0.3, -0.25) is 4.79 Å². The molecule has 0 saturated heterocycles. The minimum atomic E-state index is -0.583. The van der Waals surface area contributed by atoms with Crippen molar-refractivity contribution < 1.29 is 14.3 Å². The Kier molecular flexibility index (Phi) is 6.70. The predicted octanol–water partition coefficient (Wildman–Crippen LogP) is 4.75. The Morgan fingerprint density at radius 2 is 1.74 bits per heavy atom. The predicted molar refractivity (Wildman–Crippen MR) is 133 cm³/mol. The number of aromatic nitrogens is 2. The van der Waals surface area contributed by atoms with E-state index < -0.39 is 6.10 Å². The Bertz CT molecular complexity index is 1300. The topological polar surface area (TPSA) is 90.4 Å². The summed E-state index contributed by atoms with van der Waals surface area (Å²) in [6.07, 6.45) is -0.583. The number of halogens is 1. The molecule has 0 spiro atoms. The van der Waals surface area contributed by atoms with Crippen LogP contribution in [0.1, 0.15) is 34.5 Å². The summed E-state index contributed by atoms with van der Waals surface area (Å²) in [5.41, 5.74) is 3.57. The molecule has 0 aliphatic rings. The quantitative estimate of drug-likeness (QED) is 0.369. The van der Waals surface area contributed by atoms with Gasteiger partial charge < -0.3 is 20.6 Å². The molecular formula is C26H26FN5O2. The first kappa shape index (κ1) is 23.1. The van der Waals surface area contributed by atoms with Crippen LogP contribution in [0, 0.1) is 5.82 Å². The number of fused-ring (bicyclic) bond motifs is 1. The average Bonchev–Trinajstić information content (AvgIpc) is 2.83. The molecule has 0 bridgehead atoms. The second kappa shape index (κ2) is 9.84. The van der Waals surface area contributed by atoms with E-state index in [-0.39, 0.29) is 11.7 Å². The monoisotopic (exact) mass is 459 g/mol. The van der Waals surface area contributed by atoms with Gasteiger partial charge in [0.2, 0.25) is 5.95 Å². The zero-order valence-corrected chi connectivity index (χ0v) is 19.2. The van der Waals surface area contributed by atoms with E-state index in [2.05, 4.69) is 20.6 Å². The number of hydrogen-bond donors (Lipinski definition) is 3. The maximum atomic E-state index is 13.1. The van der Waals surface area contributed by atoms with E-state index in [4.69, 9.17) is 0 Å². The Balaban J connectivity index is 1.49. The number of aliphatic hydroxyl groups is 1. The first-order valence-electron chi connectivity index (χ1n) is 10.9. The van der Waals surface area contributed by atoms with Crippen molar-refractivity contribution in [3.05, 3.63) is 89.2 Å². The Morgan fingerprint density at radius 3 is 2.38 bits per heavy atom. The van der Waals surface area contributed by atoms with E-state index in [0.29, 0.717) is 29.6 Å². The van der Waals surface area contributed by atoms with Crippen molar-refractivity contribution >= 4 is 34.3 Å². The van der Waals surface area contributed by atoms with E-state index in [1.807, 2.05) is 61.5 Å². The number of rotatable bonds is 7. The molecule has 3 N–H and O–H groups in total. The number of carbonyl (C=O) groups excluding carboxylic acids is 1. The van der Waals surface area contributed by atoms with Gasteiger partial charge >= 0.3 is 0 Å². The maximum absolute atomic E-state index is 13.1. The lowest BCUT2D eigenvalue weighted by atomic mass is 10.1. The number of carbonyl (C=O) groups is 1. The lowest BCUT2D eigenvalue weighted by molar-refractivity contribution is 0.102. The van der Waals surface area contributed by atoms with Crippen molar-refractivity contribution in [3.8, 4) is 0 Å². The molecule has 1 amide bonds. The number of benzene rings is 3. The van der Waals surface area contributed by atoms with Crippen LogP contribution in [-0.2, 0) is 6.54 Å². The zero-order chi connectivity index (χ0) is 24.2. The van der Waals surface area contributed by atoms with Crippen molar-refractivity contribution in [3.63, 3.8) is 0 Å². The summed E-state index contributed by atoms with van der Waals surface area (Å²) in [6, 6.07) is 18.5. The molecule has 34 heavy (non-hydrogen) atoms. The van der Waals surface area contributed by atoms with Gasteiger partial charge in [-0.2, -0.15) is 4.98 Å². The summed E-state index contributed by atoms with van der Waals surface area (Å²) in [5.74, 6) is 0.577.